The fourth-order valence-electron chi connectivity index (χ4n) is 1.92. The maximum atomic E-state index is 11.7. The van der Waals surface area contributed by atoms with E-state index in [9.17, 15) is 15.0 Å². The summed E-state index contributed by atoms with van der Waals surface area (Å²) in [7, 11) is 1.71. The van der Waals surface area contributed by atoms with Crippen LogP contribution in [0.1, 0.15) is 22.3 Å². The number of carbonyl (C=O) groups is 1. The average Bonchev–Trinajstić information content (AvgIpc) is 2.48. The molecule has 0 unspecified atom stereocenters. The summed E-state index contributed by atoms with van der Waals surface area (Å²) in [6.45, 7) is -0.238. The molecule has 1 aliphatic heterocycles. The van der Waals surface area contributed by atoms with Crippen molar-refractivity contribution in [2.45, 2.75) is 19.6 Å². The number of benzene rings is 1. The van der Waals surface area contributed by atoms with Gasteiger partial charge >= 0.3 is 0 Å². The molecule has 1 amide bonds. The number of carbonyl (C=O) groups excluding carboxylic acids is 1. The van der Waals surface area contributed by atoms with Gasteiger partial charge in [0, 0.05) is 13.2 Å². The van der Waals surface area contributed by atoms with Crippen LogP contribution in [0, 0.1) is 0 Å². The first kappa shape index (κ1) is 11.8. The van der Waals surface area contributed by atoms with Crippen molar-refractivity contribution in [1.82, 2.24) is 4.90 Å². The lowest BCUT2D eigenvalue weighted by molar-refractivity contribution is -0.126. The summed E-state index contributed by atoms with van der Waals surface area (Å²) >= 11 is 0. The number of aliphatic hydroxyl groups excluding tert-OH is 2. The van der Waals surface area contributed by atoms with Crippen molar-refractivity contribution in [3.63, 3.8) is 0 Å². The maximum absolute atomic E-state index is 11.7. The number of aliphatic hydroxyl groups is 2. The van der Waals surface area contributed by atoms with E-state index >= 15 is 0 Å². The van der Waals surface area contributed by atoms with Gasteiger partial charge in [0.1, 0.15) is 0 Å². The Hall–Kier alpha value is -1.65. The van der Waals surface area contributed by atoms with Crippen LogP contribution in [0.4, 0.5) is 0 Å². The minimum Gasteiger partial charge on any atom is -0.392 e. The smallest absolute Gasteiger partial charge is 0.230 e. The number of nitrogens with zero attached hydrogens (tertiary/aromatic N) is 1. The first-order chi connectivity index (χ1) is 8.15. The third kappa shape index (κ3) is 2.23. The highest BCUT2D eigenvalue weighted by molar-refractivity contribution is 5.83. The second-order valence-corrected chi connectivity index (χ2v) is 4.13. The first-order valence-corrected chi connectivity index (χ1v) is 5.46. The molecule has 1 heterocycles. The Balaban J connectivity index is 2.51. The molecular weight excluding hydrogens is 218 g/mol. The van der Waals surface area contributed by atoms with Gasteiger partial charge in [-0.05, 0) is 34.4 Å². The molecule has 0 atom stereocenters. The fraction of sp³-hybridized carbons (Fsp3) is 0.308. The highest BCUT2D eigenvalue weighted by atomic mass is 16.3. The van der Waals surface area contributed by atoms with E-state index in [1.807, 2.05) is 12.1 Å². The van der Waals surface area contributed by atoms with Gasteiger partial charge in [0.2, 0.25) is 5.91 Å². The van der Waals surface area contributed by atoms with E-state index in [0.717, 1.165) is 11.1 Å². The van der Waals surface area contributed by atoms with Crippen LogP contribution in [-0.4, -0.2) is 28.1 Å². The van der Waals surface area contributed by atoms with Gasteiger partial charge in [0.15, 0.2) is 0 Å². The molecule has 0 aromatic heterocycles. The summed E-state index contributed by atoms with van der Waals surface area (Å²) < 4.78 is 0. The molecule has 2 N–H and O–H groups in total. The molecule has 1 aromatic rings. The van der Waals surface area contributed by atoms with E-state index in [2.05, 4.69) is 0 Å². The number of hydrogen-bond donors (Lipinski definition) is 2. The van der Waals surface area contributed by atoms with Crippen LogP contribution in [0.5, 0.6) is 0 Å². The standard InChI is InChI=1S/C13H15NO3/c1-14-3-2-9-4-11(7-15)12(8-16)5-10(9)6-13(14)17/h2-5,15-16H,6-8H2,1H3. The van der Waals surface area contributed by atoms with Gasteiger partial charge in [-0.3, -0.25) is 4.79 Å². The molecule has 1 aromatic carbocycles. The Morgan fingerprint density at radius 1 is 1.24 bits per heavy atom. The summed E-state index contributed by atoms with van der Waals surface area (Å²) in [6.07, 6.45) is 3.88. The highest BCUT2D eigenvalue weighted by Gasteiger charge is 2.15. The van der Waals surface area contributed by atoms with Crippen LogP contribution >= 0.6 is 0 Å². The predicted molar refractivity (Wildman–Crippen MR) is 63.8 cm³/mol. The molecular formula is C13H15NO3. The minimum absolute atomic E-state index is 0.0145. The third-order valence-corrected chi connectivity index (χ3v) is 3.01. The van der Waals surface area contributed by atoms with E-state index in [4.69, 9.17) is 0 Å². The lowest BCUT2D eigenvalue weighted by atomic mass is 9.97. The van der Waals surface area contributed by atoms with Gasteiger partial charge in [-0.15, -0.1) is 0 Å². The van der Waals surface area contributed by atoms with Crippen molar-refractivity contribution in [1.29, 1.82) is 0 Å². The molecule has 2 rings (SSSR count). The van der Waals surface area contributed by atoms with Gasteiger partial charge in [-0.2, -0.15) is 0 Å². The summed E-state index contributed by atoms with van der Waals surface area (Å²) in [6, 6.07) is 3.62. The monoisotopic (exact) mass is 233 g/mol. The van der Waals surface area contributed by atoms with E-state index in [-0.39, 0.29) is 19.1 Å². The Kier molecular flexibility index (Phi) is 3.26. The van der Waals surface area contributed by atoms with Crippen LogP contribution in [0.15, 0.2) is 18.3 Å². The third-order valence-electron chi connectivity index (χ3n) is 3.01. The predicted octanol–water partition coefficient (Wildman–Crippen LogP) is 0.656. The zero-order valence-corrected chi connectivity index (χ0v) is 9.68. The Labute approximate surface area is 99.8 Å². The van der Waals surface area contributed by atoms with Gasteiger partial charge in [-0.1, -0.05) is 6.07 Å². The molecule has 0 fully saturated rings. The zero-order chi connectivity index (χ0) is 12.4. The molecule has 0 saturated carbocycles. The van der Waals surface area contributed by atoms with E-state index in [0.29, 0.717) is 17.5 Å². The molecule has 0 saturated heterocycles. The Morgan fingerprint density at radius 3 is 2.53 bits per heavy atom. The van der Waals surface area contributed by atoms with Gasteiger partial charge < -0.3 is 15.1 Å². The van der Waals surface area contributed by atoms with Crippen LogP contribution in [0.3, 0.4) is 0 Å². The minimum atomic E-state index is -0.128. The number of hydrogen-bond acceptors (Lipinski definition) is 3. The second-order valence-electron chi connectivity index (χ2n) is 4.13. The molecule has 0 radical (unpaired) electrons. The Bertz CT molecular complexity index is 480. The molecule has 1 aliphatic rings. The summed E-state index contributed by atoms with van der Waals surface area (Å²) in [4.78, 5) is 13.2. The molecule has 4 heteroatoms. The fourth-order valence-corrected chi connectivity index (χ4v) is 1.92. The summed E-state index contributed by atoms with van der Waals surface area (Å²) in [5.41, 5.74) is 3.19. The maximum Gasteiger partial charge on any atom is 0.230 e. The lowest BCUT2D eigenvalue weighted by Gasteiger charge is -2.11. The molecule has 90 valence electrons. The molecule has 0 aliphatic carbocycles. The van der Waals surface area contributed by atoms with Crippen LogP contribution in [-0.2, 0) is 24.4 Å². The van der Waals surface area contributed by atoms with Crippen molar-refractivity contribution in [3.05, 3.63) is 40.6 Å². The van der Waals surface area contributed by atoms with E-state index < -0.39 is 0 Å². The number of fused-ring (bicyclic) bond motifs is 1. The molecule has 17 heavy (non-hydrogen) atoms. The normalized spacial score (nSPS) is 14.8. The van der Waals surface area contributed by atoms with Crippen molar-refractivity contribution < 1.29 is 15.0 Å². The molecule has 0 bridgehead atoms. The SMILES string of the molecule is CN1C=Cc2cc(CO)c(CO)cc2CC1=O. The van der Waals surface area contributed by atoms with E-state index in [1.165, 1.54) is 4.90 Å². The quantitative estimate of drug-likeness (QED) is 0.788. The second kappa shape index (κ2) is 4.69. The van der Waals surface area contributed by atoms with Crippen molar-refractivity contribution in [2.24, 2.45) is 0 Å². The van der Waals surface area contributed by atoms with Crippen molar-refractivity contribution in [2.75, 3.05) is 7.05 Å². The van der Waals surface area contributed by atoms with Crippen LogP contribution < -0.4 is 0 Å². The average molecular weight is 233 g/mol. The van der Waals surface area contributed by atoms with Crippen LogP contribution in [0.2, 0.25) is 0 Å². The van der Waals surface area contributed by atoms with Crippen molar-refractivity contribution >= 4 is 12.0 Å². The summed E-state index contributed by atoms with van der Waals surface area (Å²) in [5.74, 6) is 0.0145. The number of rotatable bonds is 2. The largest absolute Gasteiger partial charge is 0.392 e. The van der Waals surface area contributed by atoms with E-state index in [1.54, 1.807) is 19.3 Å². The highest BCUT2D eigenvalue weighted by Crippen LogP contribution is 2.22. The first-order valence-electron chi connectivity index (χ1n) is 5.46. The molecule has 0 spiro atoms. The number of likely N-dealkylation sites (N-methyl/N-ethyl adjacent to an activating group) is 1. The van der Waals surface area contributed by atoms with Crippen LogP contribution in [0.25, 0.3) is 6.08 Å². The Morgan fingerprint density at radius 2 is 1.88 bits per heavy atom. The summed E-state index contributed by atoms with van der Waals surface area (Å²) in [5, 5.41) is 18.4. The topological polar surface area (TPSA) is 60.8 Å². The van der Waals surface area contributed by atoms with Crippen molar-refractivity contribution in [3.8, 4) is 0 Å². The number of amides is 1. The lowest BCUT2D eigenvalue weighted by Crippen LogP contribution is -2.21. The molecule has 4 nitrogen and oxygen atoms in total. The van der Waals surface area contributed by atoms with Gasteiger partial charge in [-0.25, -0.2) is 0 Å². The van der Waals surface area contributed by atoms with Gasteiger partial charge in [0.25, 0.3) is 0 Å². The van der Waals surface area contributed by atoms with Gasteiger partial charge in [0.05, 0.1) is 19.6 Å². The zero-order valence-electron chi connectivity index (χ0n) is 9.68.